The lowest BCUT2D eigenvalue weighted by atomic mass is 9.87. The highest BCUT2D eigenvalue weighted by Gasteiger charge is 2.20. The maximum absolute atomic E-state index is 6.03. The summed E-state index contributed by atoms with van der Waals surface area (Å²) in [6.45, 7) is 9.34. The van der Waals surface area contributed by atoms with E-state index >= 15 is 0 Å². The minimum absolute atomic E-state index is 0.124. The van der Waals surface area contributed by atoms with Crippen molar-refractivity contribution >= 4 is 0 Å². The molecule has 2 heterocycles. The molecule has 0 aliphatic carbocycles. The Hall–Kier alpha value is -3.05. The number of fused-ring (bicyclic) bond motifs is 1. The number of nitrogens with zero attached hydrogens (tertiary/aromatic N) is 2. The average molecular weight is 433 g/mol. The van der Waals surface area contributed by atoms with Gasteiger partial charge in [-0.15, -0.1) is 0 Å². The van der Waals surface area contributed by atoms with Crippen LogP contribution in [0.2, 0.25) is 0 Å². The van der Waals surface area contributed by atoms with Gasteiger partial charge in [0.1, 0.15) is 5.75 Å². The van der Waals surface area contributed by atoms with Crippen LogP contribution in [0.3, 0.4) is 0 Å². The van der Waals surface area contributed by atoms with Crippen LogP contribution in [0.5, 0.6) is 23.1 Å². The SMILES string of the molecule is COc1cc2c(cc1OC)CN(Cc1ccnc(Oc3ccc(C(C)(C)C)cc3)c1)CC2. The van der Waals surface area contributed by atoms with Crippen molar-refractivity contribution in [1.82, 2.24) is 9.88 Å². The maximum Gasteiger partial charge on any atom is 0.219 e. The standard InChI is InChI=1S/C27H32N2O3/c1-27(2,3)22-6-8-23(9-7-22)32-26-14-19(10-12-28-26)17-29-13-11-20-15-24(30-4)25(31-5)16-21(20)18-29/h6-10,12,14-16H,11,13,17-18H2,1-5H3. The predicted molar refractivity (Wildman–Crippen MR) is 127 cm³/mol. The summed E-state index contributed by atoms with van der Waals surface area (Å²) in [6, 6.07) is 16.6. The highest BCUT2D eigenvalue weighted by molar-refractivity contribution is 5.48. The van der Waals surface area contributed by atoms with Gasteiger partial charge in [-0.25, -0.2) is 4.98 Å². The van der Waals surface area contributed by atoms with E-state index in [-0.39, 0.29) is 5.41 Å². The van der Waals surface area contributed by atoms with E-state index in [1.165, 1.54) is 22.3 Å². The lowest BCUT2D eigenvalue weighted by Crippen LogP contribution is -2.30. The molecule has 0 unspecified atom stereocenters. The van der Waals surface area contributed by atoms with Crippen molar-refractivity contribution in [2.45, 2.75) is 45.7 Å². The fraction of sp³-hybridized carbons (Fsp3) is 0.370. The van der Waals surface area contributed by atoms with Crippen molar-refractivity contribution in [3.63, 3.8) is 0 Å². The summed E-state index contributed by atoms with van der Waals surface area (Å²) in [4.78, 5) is 6.84. The fourth-order valence-electron chi connectivity index (χ4n) is 4.08. The molecular formula is C27H32N2O3. The van der Waals surface area contributed by atoms with Crippen LogP contribution in [-0.2, 0) is 24.9 Å². The van der Waals surface area contributed by atoms with Gasteiger partial charge in [0.05, 0.1) is 14.2 Å². The Labute approximate surface area is 191 Å². The fourth-order valence-corrected chi connectivity index (χ4v) is 4.08. The molecule has 5 heteroatoms. The van der Waals surface area contributed by atoms with Crippen molar-refractivity contribution in [1.29, 1.82) is 0 Å². The lowest BCUT2D eigenvalue weighted by molar-refractivity contribution is 0.243. The highest BCUT2D eigenvalue weighted by Crippen LogP contribution is 2.34. The second kappa shape index (κ2) is 9.21. The number of ether oxygens (including phenoxy) is 3. The van der Waals surface area contributed by atoms with Crippen LogP contribution < -0.4 is 14.2 Å². The third-order valence-electron chi connectivity index (χ3n) is 5.95. The van der Waals surface area contributed by atoms with Crippen LogP contribution >= 0.6 is 0 Å². The van der Waals surface area contributed by atoms with Gasteiger partial charge in [0, 0.05) is 31.9 Å². The van der Waals surface area contributed by atoms with Gasteiger partial charge in [0.15, 0.2) is 11.5 Å². The molecule has 0 amide bonds. The molecule has 5 nitrogen and oxygen atoms in total. The molecule has 1 aliphatic heterocycles. The zero-order valence-electron chi connectivity index (χ0n) is 19.6. The van der Waals surface area contributed by atoms with Gasteiger partial charge in [-0.3, -0.25) is 4.90 Å². The van der Waals surface area contributed by atoms with Gasteiger partial charge in [0.2, 0.25) is 5.88 Å². The Morgan fingerprint density at radius 2 is 1.59 bits per heavy atom. The molecule has 0 saturated carbocycles. The quantitative estimate of drug-likeness (QED) is 0.496. The summed E-state index contributed by atoms with van der Waals surface area (Å²) in [7, 11) is 3.36. The van der Waals surface area contributed by atoms with E-state index in [1.807, 2.05) is 24.4 Å². The van der Waals surface area contributed by atoms with E-state index in [1.54, 1.807) is 14.2 Å². The molecule has 32 heavy (non-hydrogen) atoms. The summed E-state index contributed by atoms with van der Waals surface area (Å²) in [5.74, 6) is 3.00. The Kier molecular flexibility index (Phi) is 6.38. The number of hydrogen-bond donors (Lipinski definition) is 0. The summed E-state index contributed by atoms with van der Waals surface area (Å²) in [5.41, 5.74) is 5.21. The molecule has 0 spiro atoms. The molecule has 0 N–H and O–H groups in total. The number of hydrogen-bond acceptors (Lipinski definition) is 5. The first-order chi connectivity index (χ1) is 15.4. The monoisotopic (exact) mass is 432 g/mol. The maximum atomic E-state index is 6.03. The van der Waals surface area contributed by atoms with Crippen molar-refractivity contribution in [3.8, 4) is 23.1 Å². The van der Waals surface area contributed by atoms with Crippen LogP contribution in [0.25, 0.3) is 0 Å². The third kappa shape index (κ3) is 5.05. The molecule has 3 aromatic rings. The van der Waals surface area contributed by atoms with Gasteiger partial charge in [-0.2, -0.15) is 0 Å². The topological polar surface area (TPSA) is 43.8 Å². The summed E-state index contributed by atoms with van der Waals surface area (Å²) < 4.78 is 17.0. The second-order valence-electron chi connectivity index (χ2n) is 9.32. The van der Waals surface area contributed by atoms with Gasteiger partial charge in [-0.05, 0) is 64.4 Å². The number of pyridine rings is 1. The molecule has 4 rings (SSSR count). The largest absolute Gasteiger partial charge is 0.493 e. The van der Waals surface area contributed by atoms with Crippen LogP contribution in [0.15, 0.2) is 54.7 Å². The summed E-state index contributed by atoms with van der Waals surface area (Å²) >= 11 is 0. The Bertz CT molecular complexity index is 1070. The first-order valence-electron chi connectivity index (χ1n) is 11.0. The van der Waals surface area contributed by atoms with Crippen molar-refractivity contribution in [3.05, 3.63) is 77.0 Å². The Morgan fingerprint density at radius 1 is 0.906 bits per heavy atom. The van der Waals surface area contributed by atoms with E-state index in [2.05, 4.69) is 61.0 Å². The predicted octanol–water partition coefficient (Wildman–Crippen LogP) is 5.75. The van der Waals surface area contributed by atoms with Gasteiger partial charge in [-0.1, -0.05) is 32.9 Å². The number of aromatic nitrogens is 1. The van der Waals surface area contributed by atoms with E-state index in [0.717, 1.165) is 43.3 Å². The van der Waals surface area contributed by atoms with Gasteiger partial charge < -0.3 is 14.2 Å². The number of rotatable bonds is 6. The number of methoxy groups -OCH3 is 2. The van der Waals surface area contributed by atoms with E-state index < -0.39 is 0 Å². The van der Waals surface area contributed by atoms with E-state index in [9.17, 15) is 0 Å². The number of benzene rings is 2. The van der Waals surface area contributed by atoms with Crippen molar-refractivity contribution in [2.75, 3.05) is 20.8 Å². The average Bonchev–Trinajstić information content (AvgIpc) is 2.78. The summed E-state index contributed by atoms with van der Waals surface area (Å²) in [5, 5.41) is 0. The third-order valence-corrected chi connectivity index (χ3v) is 5.95. The molecule has 0 fully saturated rings. The molecule has 1 aliphatic rings. The molecule has 0 saturated heterocycles. The van der Waals surface area contributed by atoms with Crippen molar-refractivity contribution in [2.24, 2.45) is 0 Å². The highest BCUT2D eigenvalue weighted by atomic mass is 16.5. The lowest BCUT2D eigenvalue weighted by Gasteiger charge is -2.29. The molecule has 2 aromatic carbocycles. The van der Waals surface area contributed by atoms with E-state index in [0.29, 0.717) is 5.88 Å². The Morgan fingerprint density at radius 3 is 2.25 bits per heavy atom. The Balaban J connectivity index is 1.43. The first-order valence-corrected chi connectivity index (χ1v) is 11.0. The van der Waals surface area contributed by atoms with Crippen LogP contribution in [0, 0.1) is 0 Å². The van der Waals surface area contributed by atoms with Crippen LogP contribution in [-0.4, -0.2) is 30.6 Å². The molecule has 1 aromatic heterocycles. The minimum atomic E-state index is 0.124. The van der Waals surface area contributed by atoms with Crippen LogP contribution in [0.1, 0.15) is 43.0 Å². The smallest absolute Gasteiger partial charge is 0.219 e. The summed E-state index contributed by atoms with van der Waals surface area (Å²) in [6.07, 6.45) is 2.81. The molecule has 168 valence electrons. The van der Waals surface area contributed by atoms with Crippen LogP contribution in [0.4, 0.5) is 0 Å². The zero-order chi connectivity index (χ0) is 22.7. The molecule has 0 bridgehead atoms. The normalized spacial score (nSPS) is 14.0. The minimum Gasteiger partial charge on any atom is -0.493 e. The molecule has 0 atom stereocenters. The van der Waals surface area contributed by atoms with Crippen molar-refractivity contribution < 1.29 is 14.2 Å². The zero-order valence-corrected chi connectivity index (χ0v) is 19.6. The van der Waals surface area contributed by atoms with Gasteiger partial charge in [0.25, 0.3) is 0 Å². The molecule has 0 radical (unpaired) electrons. The second-order valence-corrected chi connectivity index (χ2v) is 9.32. The first kappa shape index (κ1) is 22.2. The van der Waals surface area contributed by atoms with Gasteiger partial charge >= 0.3 is 0 Å². The molecular weight excluding hydrogens is 400 g/mol. The van der Waals surface area contributed by atoms with E-state index in [4.69, 9.17) is 14.2 Å².